The molecular formula is C17H18FNO. The van der Waals surface area contributed by atoms with E-state index in [0.29, 0.717) is 12.6 Å². The van der Waals surface area contributed by atoms with Crippen LogP contribution >= 0.6 is 0 Å². The van der Waals surface area contributed by atoms with Gasteiger partial charge in [0.25, 0.3) is 0 Å². The van der Waals surface area contributed by atoms with Crippen LogP contribution in [0.4, 0.5) is 4.39 Å². The summed E-state index contributed by atoms with van der Waals surface area (Å²) in [5.41, 5.74) is 3.68. The molecule has 2 nitrogen and oxygen atoms in total. The molecule has 3 heteroatoms. The van der Waals surface area contributed by atoms with E-state index in [-0.39, 0.29) is 5.75 Å². The third-order valence-electron chi connectivity index (χ3n) is 4.08. The minimum absolute atomic E-state index is 0.289. The zero-order valence-electron chi connectivity index (χ0n) is 11.5. The minimum atomic E-state index is -0.553. The number of nitrogens with zero attached hydrogens (tertiary/aromatic N) is 1. The van der Waals surface area contributed by atoms with Crippen molar-refractivity contribution >= 4 is 0 Å². The Morgan fingerprint density at radius 3 is 2.85 bits per heavy atom. The molecule has 3 rings (SSSR count). The van der Waals surface area contributed by atoms with Gasteiger partial charge >= 0.3 is 0 Å². The van der Waals surface area contributed by atoms with E-state index in [0.717, 1.165) is 18.4 Å². The van der Waals surface area contributed by atoms with Crippen LogP contribution in [-0.4, -0.2) is 17.1 Å². The summed E-state index contributed by atoms with van der Waals surface area (Å²) >= 11 is 0. The third kappa shape index (κ3) is 2.41. The van der Waals surface area contributed by atoms with Crippen LogP contribution in [-0.2, 0) is 13.0 Å². The second kappa shape index (κ2) is 5.25. The van der Waals surface area contributed by atoms with Gasteiger partial charge < -0.3 is 5.11 Å². The van der Waals surface area contributed by atoms with Crippen LogP contribution in [0.2, 0.25) is 0 Å². The van der Waals surface area contributed by atoms with E-state index in [4.69, 9.17) is 0 Å². The van der Waals surface area contributed by atoms with Gasteiger partial charge in [-0.3, -0.25) is 4.90 Å². The first-order chi connectivity index (χ1) is 9.65. The SMILES string of the molecule is CN(Cc1ccc(O)c(F)c1)C1CCc2ccccc21. The van der Waals surface area contributed by atoms with Gasteiger partial charge in [-0.15, -0.1) is 0 Å². The van der Waals surface area contributed by atoms with E-state index in [1.54, 1.807) is 6.07 Å². The van der Waals surface area contributed by atoms with Gasteiger partial charge in [-0.25, -0.2) is 4.39 Å². The number of aromatic hydroxyl groups is 1. The van der Waals surface area contributed by atoms with Crippen molar-refractivity contribution in [2.45, 2.75) is 25.4 Å². The molecule has 0 bridgehead atoms. The summed E-state index contributed by atoms with van der Waals surface area (Å²) in [5.74, 6) is -0.842. The van der Waals surface area contributed by atoms with Gasteiger partial charge in [-0.1, -0.05) is 30.3 Å². The van der Waals surface area contributed by atoms with Gasteiger partial charge in [0.1, 0.15) is 0 Å². The normalized spacial score (nSPS) is 17.4. The highest BCUT2D eigenvalue weighted by atomic mass is 19.1. The predicted octanol–water partition coefficient (Wildman–Crippen LogP) is 3.65. The molecule has 0 heterocycles. The van der Waals surface area contributed by atoms with E-state index >= 15 is 0 Å². The van der Waals surface area contributed by atoms with Crippen molar-refractivity contribution in [3.63, 3.8) is 0 Å². The van der Waals surface area contributed by atoms with Crippen molar-refractivity contribution in [1.29, 1.82) is 0 Å². The van der Waals surface area contributed by atoms with Gasteiger partial charge in [-0.05, 0) is 48.7 Å². The lowest BCUT2D eigenvalue weighted by Crippen LogP contribution is -2.22. The lowest BCUT2D eigenvalue weighted by molar-refractivity contribution is 0.235. The fraction of sp³-hybridized carbons (Fsp3) is 0.294. The maximum absolute atomic E-state index is 13.4. The summed E-state index contributed by atoms with van der Waals surface area (Å²) in [7, 11) is 2.07. The fourth-order valence-corrected chi connectivity index (χ4v) is 3.04. The molecule has 1 aliphatic carbocycles. The van der Waals surface area contributed by atoms with Crippen molar-refractivity contribution in [3.8, 4) is 5.75 Å². The third-order valence-corrected chi connectivity index (χ3v) is 4.08. The molecule has 0 radical (unpaired) electrons. The number of hydrogen-bond acceptors (Lipinski definition) is 2. The average Bonchev–Trinajstić information content (AvgIpc) is 2.87. The molecule has 1 aliphatic rings. The molecule has 0 aliphatic heterocycles. The maximum Gasteiger partial charge on any atom is 0.165 e. The molecule has 0 saturated carbocycles. The highest BCUT2D eigenvalue weighted by Crippen LogP contribution is 2.35. The summed E-state index contributed by atoms with van der Waals surface area (Å²) < 4.78 is 13.4. The van der Waals surface area contributed by atoms with Gasteiger partial charge in [0.15, 0.2) is 11.6 Å². The number of rotatable bonds is 3. The molecule has 1 N–H and O–H groups in total. The van der Waals surface area contributed by atoms with Crippen LogP contribution in [0, 0.1) is 5.82 Å². The number of fused-ring (bicyclic) bond motifs is 1. The molecule has 1 unspecified atom stereocenters. The Morgan fingerprint density at radius 1 is 1.25 bits per heavy atom. The molecule has 0 amide bonds. The molecule has 0 aromatic heterocycles. The Labute approximate surface area is 118 Å². The van der Waals surface area contributed by atoms with Crippen LogP contribution in [0.1, 0.15) is 29.2 Å². The average molecular weight is 271 g/mol. The number of phenols is 1. The second-order valence-electron chi connectivity index (χ2n) is 5.45. The zero-order chi connectivity index (χ0) is 14.1. The number of aryl methyl sites for hydroxylation is 1. The monoisotopic (exact) mass is 271 g/mol. The Morgan fingerprint density at radius 2 is 2.05 bits per heavy atom. The predicted molar refractivity (Wildman–Crippen MR) is 77.0 cm³/mol. The van der Waals surface area contributed by atoms with E-state index in [9.17, 15) is 9.50 Å². The van der Waals surface area contributed by atoms with Crippen molar-refractivity contribution in [2.75, 3.05) is 7.05 Å². The lowest BCUT2D eigenvalue weighted by Gasteiger charge is -2.25. The Hall–Kier alpha value is -1.87. The lowest BCUT2D eigenvalue weighted by atomic mass is 10.1. The molecular weight excluding hydrogens is 253 g/mol. The number of phenolic OH excluding ortho intramolecular Hbond substituents is 1. The first kappa shape index (κ1) is 13.1. The minimum Gasteiger partial charge on any atom is -0.505 e. The van der Waals surface area contributed by atoms with E-state index in [1.165, 1.54) is 23.3 Å². The Balaban J connectivity index is 1.77. The first-order valence-electron chi connectivity index (χ1n) is 6.90. The van der Waals surface area contributed by atoms with Crippen LogP contribution in [0.15, 0.2) is 42.5 Å². The number of benzene rings is 2. The summed E-state index contributed by atoms with van der Waals surface area (Å²) in [6, 6.07) is 13.5. The van der Waals surface area contributed by atoms with Crippen molar-refractivity contribution < 1.29 is 9.50 Å². The largest absolute Gasteiger partial charge is 0.505 e. The van der Waals surface area contributed by atoms with Crippen molar-refractivity contribution in [2.24, 2.45) is 0 Å². The van der Waals surface area contributed by atoms with Crippen LogP contribution in [0.25, 0.3) is 0 Å². The summed E-state index contributed by atoms with van der Waals surface area (Å²) in [6.07, 6.45) is 2.21. The summed E-state index contributed by atoms with van der Waals surface area (Å²) in [4.78, 5) is 2.25. The van der Waals surface area contributed by atoms with Gasteiger partial charge in [0.05, 0.1) is 0 Å². The van der Waals surface area contributed by atoms with Crippen molar-refractivity contribution in [1.82, 2.24) is 4.90 Å². The highest BCUT2D eigenvalue weighted by Gasteiger charge is 2.25. The van der Waals surface area contributed by atoms with Crippen LogP contribution in [0.3, 0.4) is 0 Å². The molecule has 20 heavy (non-hydrogen) atoms. The molecule has 2 aromatic rings. The van der Waals surface area contributed by atoms with E-state index in [2.05, 4.69) is 36.2 Å². The highest BCUT2D eigenvalue weighted by molar-refractivity contribution is 5.34. The Bertz CT molecular complexity index is 626. The van der Waals surface area contributed by atoms with Crippen molar-refractivity contribution in [3.05, 3.63) is 65.0 Å². The summed E-state index contributed by atoms with van der Waals surface area (Å²) in [6.45, 7) is 0.677. The standard InChI is InChI=1S/C17H18FNO/c1-19(11-12-6-9-17(20)15(18)10-12)16-8-7-13-4-2-3-5-14(13)16/h2-6,9-10,16,20H,7-8,11H2,1H3. The van der Waals surface area contributed by atoms with Gasteiger partial charge in [-0.2, -0.15) is 0 Å². The van der Waals surface area contributed by atoms with Crippen LogP contribution in [0.5, 0.6) is 5.75 Å². The molecule has 104 valence electrons. The van der Waals surface area contributed by atoms with E-state index in [1.807, 2.05) is 0 Å². The quantitative estimate of drug-likeness (QED) is 0.921. The number of halogens is 1. The molecule has 0 fully saturated rings. The molecule has 0 spiro atoms. The first-order valence-corrected chi connectivity index (χ1v) is 6.90. The molecule has 2 aromatic carbocycles. The summed E-state index contributed by atoms with van der Waals surface area (Å²) in [5, 5.41) is 9.23. The van der Waals surface area contributed by atoms with E-state index < -0.39 is 5.82 Å². The molecule has 0 saturated heterocycles. The zero-order valence-corrected chi connectivity index (χ0v) is 11.5. The molecule has 1 atom stereocenters. The smallest absolute Gasteiger partial charge is 0.165 e. The van der Waals surface area contributed by atoms with Gasteiger partial charge in [0, 0.05) is 12.6 Å². The Kier molecular flexibility index (Phi) is 3.45. The topological polar surface area (TPSA) is 23.5 Å². The van der Waals surface area contributed by atoms with Crippen LogP contribution < -0.4 is 0 Å². The van der Waals surface area contributed by atoms with Gasteiger partial charge in [0.2, 0.25) is 0 Å². The fourth-order valence-electron chi connectivity index (χ4n) is 3.04. The maximum atomic E-state index is 13.4. The second-order valence-corrected chi connectivity index (χ2v) is 5.45. The number of hydrogen-bond donors (Lipinski definition) is 1.